The minimum atomic E-state index is -3.36. The van der Waals surface area contributed by atoms with Crippen LogP contribution in [0.3, 0.4) is 0 Å². The normalized spacial score (nSPS) is 26.0. The summed E-state index contributed by atoms with van der Waals surface area (Å²) in [6.07, 6.45) is -0.616. The molecule has 2 N–H and O–H groups in total. The maximum Gasteiger partial charge on any atom is 0.216 e. The Hall–Kier alpha value is -0.210. The lowest BCUT2D eigenvalue weighted by Gasteiger charge is -2.25. The van der Waals surface area contributed by atoms with Crippen LogP contribution in [0, 0.1) is 0 Å². The van der Waals surface area contributed by atoms with Crippen LogP contribution in [0.5, 0.6) is 0 Å². The Bertz CT molecular complexity index is 331. The molecule has 0 aromatic rings. The standard InChI is InChI=1S/C10H22N2O4S/c1-8(2)16-4-5-17(14,15)12(3)9-6-11-7-10(9)13/h8-11,13H,4-7H2,1-3H3/t9-,10-/m0/s1. The van der Waals surface area contributed by atoms with Crippen LogP contribution in [-0.2, 0) is 14.8 Å². The first-order chi connectivity index (χ1) is 7.84. The van der Waals surface area contributed by atoms with Crippen molar-refractivity contribution in [3.8, 4) is 0 Å². The summed E-state index contributed by atoms with van der Waals surface area (Å²) < 4.78 is 30.4. The van der Waals surface area contributed by atoms with Gasteiger partial charge in [-0.1, -0.05) is 0 Å². The van der Waals surface area contributed by atoms with Gasteiger partial charge in [0.15, 0.2) is 0 Å². The second-order valence-electron chi connectivity index (χ2n) is 4.54. The molecule has 7 heteroatoms. The lowest BCUT2D eigenvalue weighted by molar-refractivity contribution is 0.0898. The molecule has 6 nitrogen and oxygen atoms in total. The van der Waals surface area contributed by atoms with Gasteiger partial charge in [-0.2, -0.15) is 4.31 Å². The van der Waals surface area contributed by atoms with Crippen molar-refractivity contribution in [2.24, 2.45) is 0 Å². The quantitative estimate of drug-likeness (QED) is 0.645. The Balaban J connectivity index is 2.51. The number of aliphatic hydroxyl groups excluding tert-OH is 1. The van der Waals surface area contributed by atoms with Crippen molar-refractivity contribution < 1.29 is 18.3 Å². The predicted octanol–water partition coefficient (Wildman–Crippen LogP) is -0.994. The largest absolute Gasteiger partial charge is 0.390 e. The molecule has 2 atom stereocenters. The summed E-state index contributed by atoms with van der Waals surface area (Å²) in [5, 5.41) is 12.6. The van der Waals surface area contributed by atoms with Gasteiger partial charge in [-0.15, -0.1) is 0 Å². The minimum Gasteiger partial charge on any atom is -0.390 e. The molecule has 0 spiro atoms. The number of nitrogens with zero attached hydrogens (tertiary/aromatic N) is 1. The highest BCUT2D eigenvalue weighted by Crippen LogP contribution is 2.12. The average Bonchev–Trinajstić information content (AvgIpc) is 2.62. The third-order valence-electron chi connectivity index (χ3n) is 2.85. The van der Waals surface area contributed by atoms with Crippen LogP contribution >= 0.6 is 0 Å². The maximum absolute atomic E-state index is 12.0. The molecular formula is C10H22N2O4S. The number of ether oxygens (including phenoxy) is 1. The number of sulfonamides is 1. The molecule has 0 saturated carbocycles. The molecule has 0 aromatic heterocycles. The number of rotatable bonds is 6. The number of aliphatic hydroxyl groups is 1. The van der Waals surface area contributed by atoms with Crippen molar-refractivity contribution in [2.45, 2.75) is 32.1 Å². The van der Waals surface area contributed by atoms with E-state index in [9.17, 15) is 13.5 Å². The monoisotopic (exact) mass is 266 g/mol. The van der Waals surface area contributed by atoms with Gasteiger partial charge in [0.1, 0.15) is 0 Å². The number of β-amino-alcohol motifs (C(OH)–C–C–N with tert-alkyl or cyclic N) is 1. The van der Waals surface area contributed by atoms with Crippen molar-refractivity contribution >= 4 is 10.0 Å². The third-order valence-corrected chi connectivity index (χ3v) is 4.68. The van der Waals surface area contributed by atoms with E-state index in [1.54, 1.807) is 0 Å². The van der Waals surface area contributed by atoms with Crippen molar-refractivity contribution in [3.63, 3.8) is 0 Å². The number of hydrogen-bond acceptors (Lipinski definition) is 5. The maximum atomic E-state index is 12.0. The second-order valence-corrected chi connectivity index (χ2v) is 6.69. The molecular weight excluding hydrogens is 244 g/mol. The first-order valence-corrected chi connectivity index (χ1v) is 7.41. The lowest BCUT2D eigenvalue weighted by atomic mass is 10.2. The summed E-state index contributed by atoms with van der Waals surface area (Å²) in [5.74, 6) is -0.0507. The molecule has 1 aliphatic heterocycles. The van der Waals surface area contributed by atoms with E-state index in [4.69, 9.17) is 4.74 Å². The highest BCUT2D eigenvalue weighted by molar-refractivity contribution is 7.89. The molecule has 1 saturated heterocycles. The number of hydrogen-bond donors (Lipinski definition) is 2. The van der Waals surface area contributed by atoms with Gasteiger partial charge in [0.2, 0.25) is 10.0 Å². The van der Waals surface area contributed by atoms with Gasteiger partial charge in [0.25, 0.3) is 0 Å². The van der Waals surface area contributed by atoms with E-state index in [-0.39, 0.29) is 24.5 Å². The fraction of sp³-hybridized carbons (Fsp3) is 1.00. The molecule has 17 heavy (non-hydrogen) atoms. The van der Waals surface area contributed by atoms with Crippen molar-refractivity contribution in [1.29, 1.82) is 0 Å². The molecule has 0 bridgehead atoms. The predicted molar refractivity (Wildman–Crippen MR) is 65.3 cm³/mol. The van der Waals surface area contributed by atoms with Gasteiger partial charge in [-0.25, -0.2) is 8.42 Å². The second kappa shape index (κ2) is 6.10. The fourth-order valence-electron chi connectivity index (χ4n) is 1.76. The highest BCUT2D eigenvalue weighted by Gasteiger charge is 2.34. The SMILES string of the molecule is CC(C)OCCS(=O)(=O)N(C)[C@H]1CNC[C@@H]1O. The summed E-state index contributed by atoms with van der Waals surface area (Å²) in [4.78, 5) is 0. The Morgan fingerprint density at radius 3 is 2.59 bits per heavy atom. The first kappa shape index (κ1) is 14.8. The molecule has 0 amide bonds. The van der Waals surface area contributed by atoms with Crippen LogP contribution in [0.4, 0.5) is 0 Å². The van der Waals surface area contributed by atoms with Crippen molar-refractivity contribution in [2.75, 3.05) is 32.5 Å². The fourth-order valence-corrected chi connectivity index (χ4v) is 2.98. The Labute approximate surface area is 103 Å². The van der Waals surface area contributed by atoms with Crippen LogP contribution < -0.4 is 5.32 Å². The molecule has 0 unspecified atom stereocenters. The van der Waals surface area contributed by atoms with E-state index in [0.29, 0.717) is 13.1 Å². The van der Waals surface area contributed by atoms with Gasteiger partial charge in [-0.05, 0) is 13.8 Å². The molecule has 0 aromatic carbocycles. The summed E-state index contributed by atoms with van der Waals surface area (Å²) >= 11 is 0. The zero-order valence-electron chi connectivity index (χ0n) is 10.6. The number of nitrogens with one attached hydrogen (secondary N) is 1. The van der Waals surface area contributed by atoms with Crippen molar-refractivity contribution in [1.82, 2.24) is 9.62 Å². The van der Waals surface area contributed by atoms with Crippen LogP contribution in [0.15, 0.2) is 0 Å². The summed E-state index contributed by atoms with van der Waals surface area (Å²) in [5.41, 5.74) is 0. The molecule has 1 fully saturated rings. The number of likely N-dealkylation sites (N-methyl/N-ethyl adjacent to an activating group) is 1. The van der Waals surface area contributed by atoms with E-state index in [2.05, 4.69) is 5.32 Å². The Kier molecular flexibility index (Phi) is 5.33. The molecule has 102 valence electrons. The van der Waals surface area contributed by atoms with Crippen LogP contribution in [0.1, 0.15) is 13.8 Å². The van der Waals surface area contributed by atoms with Gasteiger partial charge < -0.3 is 15.2 Å². The minimum absolute atomic E-state index is 0.0224. The Morgan fingerprint density at radius 2 is 2.12 bits per heavy atom. The van der Waals surface area contributed by atoms with Gasteiger partial charge in [-0.3, -0.25) is 0 Å². The van der Waals surface area contributed by atoms with Gasteiger partial charge in [0.05, 0.1) is 30.6 Å². The topological polar surface area (TPSA) is 78.9 Å². The lowest BCUT2D eigenvalue weighted by Crippen LogP contribution is -2.45. The van der Waals surface area contributed by atoms with Crippen LogP contribution in [0.2, 0.25) is 0 Å². The Morgan fingerprint density at radius 1 is 1.47 bits per heavy atom. The molecule has 0 radical (unpaired) electrons. The zero-order chi connectivity index (χ0) is 13.1. The van der Waals surface area contributed by atoms with E-state index in [1.165, 1.54) is 11.4 Å². The average molecular weight is 266 g/mol. The summed E-state index contributed by atoms with van der Waals surface area (Å²) in [6, 6.07) is -0.376. The van der Waals surface area contributed by atoms with Crippen molar-refractivity contribution in [3.05, 3.63) is 0 Å². The van der Waals surface area contributed by atoms with Gasteiger partial charge >= 0.3 is 0 Å². The van der Waals surface area contributed by atoms with Crippen LogP contribution in [0.25, 0.3) is 0 Å². The summed E-state index contributed by atoms with van der Waals surface area (Å²) in [7, 11) is -1.86. The molecule has 1 heterocycles. The highest BCUT2D eigenvalue weighted by atomic mass is 32.2. The van der Waals surface area contributed by atoms with E-state index < -0.39 is 16.1 Å². The third kappa shape index (κ3) is 4.18. The molecule has 0 aliphatic carbocycles. The molecule has 1 rings (SSSR count). The zero-order valence-corrected chi connectivity index (χ0v) is 11.4. The smallest absolute Gasteiger partial charge is 0.216 e. The van der Waals surface area contributed by atoms with E-state index >= 15 is 0 Å². The van der Waals surface area contributed by atoms with E-state index in [0.717, 1.165) is 0 Å². The van der Waals surface area contributed by atoms with E-state index in [1.807, 2.05) is 13.8 Å². The summed E-state index contributed by atoms with van der Waals surface area (Å²) in [6.45, 7) is 4.83. The van der Waals surface area contributed by atoms with Crippen LogP contribution in [-0.4, -0.2) is 68.6 Å². The first-order valence-electron chi connectivity index (χ1n) is 5.80. The van der Waals surface area contributed by atoms with Gasteiger partial charge in [0, 0.05) is 20.1 Å². The molecule has 1 aliphatic rings.